The molecule has 0 bridgehead atoms. The van der Waals surface area contributed by atoms with Gasteiger partial charge in [-0.2, -0.15) is 0 Å². The highest BCUT2D eigenvalue weighted by molar-refractivity contribution is 5.98. The molecule has 2 heterocycles. The number of pyridine rings is 1. The van der Waals surface area contributed by atoms with Crippen LogP contribution in [0.1, 0.15) is 29.4 Å². The summed E-state index contributed by atoms with van der Waals surface area (Å²) in [5.41, 5.74) is 1.78. The van der Waals surface area contributed by atoms with Crippen molar-refractivity contribution >= 4 is 16.8 Å². The molecule has 1 aliphatic rings. The SMILES string of the molecule is CCC1CN(C(=O)c2cc3ccc(F)cc3nc2C)CCO1. The van der Waals surface area contributed by atoms with Crippen molar-refractivity contribution < 1.29 is 13.9 Å². The second-order valence-electron chi connectivity index (χ2n) is 5.61. The Bertz CT molecular complexity index is 717. The summed E-state index contributed by atoms with van der Waals surface area (Å²) in [6.45, 7) is 5.60. The highest BCUT2D eigenvalue weighted by Crippen LogP contribution is 2.20. The highest BCUT2D eigenvalue weighted by atomic mass is 19.1. The van der Waals surface area contributed by atoms with Gasteiger partial charge in [0.05, 0.1) is 29.5 Å². The van der Waals surface area contributed by atoms with Crippen molar-refractivity contribution in [3.63, 3.8) is 0 Å². The monoisotopic (exact) mass is 302 g/mol. The number of fused-ring (bicyclic) bond motifs is 1. The molecule has 1 aromatic carbocycles. The van der Waals surface area contributed by atoms with E-state index in [4.69, 9.17) is 4.74 Å². The first-order valence-electron chi connectivity index (χ1n) is 7.56. The molecule has 5 heteroatoms. The minimum absolute atomic E-state index is 0.0297. The first-order chi connectivity index (χ1) is 10.6. The number of halogens is 1. The minimum Gasteiger partial charge on any atom is -0.375 e. The summed E-state index contributed by atoms with van der Waals surface area (Å²) in [6, 6.07) is 6.23. The maximum atomic E-state index is 13.3. The largest absolute Gasteiger partial charge is 0.375 e. The molecule has 1 atom stereocenters. The number of nitrogens with zero attached hydrogens (tertiary/aromatic N) is 2. The molecule has 22 heavy (non-hydrogen) atoms. The molecule has 0 spiro atoms. The summed E-state index contributed by atoms with van der Waals surface area (Å²) in [4.78, 5) is 18.9. The van der Waals surface area contributed by atoms with Crippen LogP contribution in [0, 0.1) is 12.7 Å². The fourth-order valence-corrected chi connectivity index (χ4v) is 2.77. The van der Waals surface area contributed by atoms with Crippen LogP contribution in [0.3, 0.4) is 0 Å². The molecule has 1 unspecified atom stereocenters. The Morgan fingerprint density at radius 1 is 1.45 bits per heavy atom. The van der Waals surface area contributed by atoms with E-state index < -0.39 is 0 Å². The first-order valence-corrected chi connectivity index (χ1v) is 7.56. The van der Waals surface area contributed by atoms with Gasteiger partial charge in [-0.1, -0.05) is 6.92 Å². The van der Waals surface area contributed by atoms with Crippen molar-refractivity contribution in [2.45, 2.75) is 26.4 Å². The Morgan fingerprint density at radius 3 is 3.05 bits per heavy atom. The van der Waals surface area contributed by atoms with Crippen LogP contribution < -0.4 is 0 Å². The van der Waals surface area contributed by atoms with Crippen LogP contribution in [0.5, 0.6) is 0 Å². The zero-order chi connectivity index (χ0) is 15.7. The highest BCUT2D eigenvalue weighted by Gasteiger charge is 2.25. The number of rotatable bonds is 2. The molecule has 0 aliphatic carbocycles. The fraction of sp³-hybridized carbons (Fsp3) is 0.412. The number of aromatic nitrogens is 1. The van der Waals surface area contributed by atoms with Gasteiger partial charge in [0.1, 0.15) is 5.82 Å². The second kappa shape index (κ2) is 6.01. The third kappa shape index (κ3) is 2.81. The van der Waals surface area contributed by atoms with E-state index in [9.17, 15) is 9.18 Å². The summed E-state index contributed by atoms with van der Waals surface area (Å²) in [7, 11) is 0. The average molecular weight is 302 g/mol. The van der Waals surface area contributed by atoms with Gasteiger partial charge < -0.3 is 9.64 Å². The van der Waals surface area contributed by atoms with Crippen LogP contribution in [-0.2, 0) is 4.74 Å². The van der Waals surface area contributed by atoms with Gasteiger partial charge in [0.15, 0.2) is 0 Å². The smallest absolute Gasteiger partial charge is 0.255 e. The third-order valence-electron chi connectivity index (χ3n) is 4.08. The zero-order valence-corrected chi connectivity index (χ0v) is 12.8. The lowest BCUT2D eigenvalue weighted by molar-refractivity contribution is -0.0226. The van der Waals surface area contributed by atoms with E-state index in [1.165, 1.54) is 12.1 Å². The Hall–Kier alpha value is -2.01. The summed E-state index contributed by atoms with van der Waals surface area (Å²) < 4.78 is 18.9. The quantitative estimate of drug-likeness (QED) is 0.856. The third-order valence-corrected chi connectivity index (χ3v) is 4.08. The van der Waals surface area contributed by atoms with Crippen LogP contribution in [0.25, 0.3) is 10.9 Å². The molecule has 116 valence electrons. The predicted molar refractivity (Wildman–Crippen MR) is 82.4 cm³/mol. The number of hydrogen-bond donors (Lipinski definition) is 0. The molecule has 4 nitrogen and oxygen atoms in total. The minimum atomic E-state index is -0.322. The molecular weight excluding hydrogens is 283 g/mol. The Kier molecular flexibility index (Phi) is 4.07. The van der Waals surface area contributed by atoms with Gasteiger partial charge in [-0.05, 0) is 31.5 Å². The van der Waals surface area contributed by atoms with Crippen molar-refractivity contribution in [1.82, 2.24) is 9.88 Å². The molecule has 3 rings (SSSR count). The standard InChI is InChI=1S/C17H19FN2O2/c1-3-14-10-20(6-7-22-14)17(21)15-8-12-4-5-13(18)9-16(12)19-11(15)2/h4-5,8-9,14H,3,6-7,10H2,1-2H3. The maximum Gasteiger partial charge on any atom is 0.255 e. The first kappa shape index (κ1) is 14.9. The Labute approximate surface area is 128 Å². The van der Waals surface area contributed by atoms with Crippen molar-refractivity contribution in [2.75, 3.05) is 19.7 Å². The predicted octanol–water partition coefficient (Wildman–Crippen LogP) is 2.93. The van der Waals surface area contributed by atoms with Crippen LogP contribution in [0.2, 0.25) is 0 Å². The van der Waals surface area contributed by atoms with E-state index in [-0.39, 0.29) is 17.8 Å². The van der Waals surface area contributed by atoms with E-state index in [0.717, 1.165) is 11.8 Å². The van der Waals surface area contributed by atoms with Crippen LogP contribution >= 0.6 is 0 Å². The van der Waals surface area contributed by atoms with Gasteiger partial charge in [0.2, 0.25) is 0 Å². The number of aryl methyl sites for hydroxylation is 1. The molecule has 0 N–H and O–H groups in total. The molecule has 1 amide bonds. The van der Waals surface area contributed by atoms with Crippen LogP contribution in [0.4, 0.5) is 4.39 Å². The number of carbonyl (C=O) groups is 1. The topological polar surface area (TPSA) is 42.4 Å². The number of amides is 1. The lowest BCUT2D eigenvalue weighted by atomic mass is 10.1. The normalized spacial score (nSPS) is 18.7. The fourth-order valence-electron chi connectivity index (χ4n) is 2.77. The second-order valence-corrected chi connectivity index (χ2v) is 5.61. The van der Waals surface area contributed by atoms with Gasteiger partial charge in [0, 0.05) is 24.5 Å². The average Bonchev–Trinajstić information content (AvgIpc) is 2.53. The molecule has 2 aromatic rings. The molecule has 1 aliphatic heterocycles. The Morgan fingerprint density at radius 2 is 2.27 bits per heavy atom. The zero-order valence-electron chi connectivity index (χ0n) is 12.8. The molecular formula is C17H19FN2O2. The number of morpholine rings is 1. The summed E-state index contributed by atoms with van der Waals surface area (Å²) in [6.07, 6.45) is 0.985. The van der Waals surface area contributed by atoms with Crippen LogP contribution in [0.15, 0.2) is 24.3 Å². The van der Waals surface area contributed by atoms with Gasteiger partial charge in [-0.15, -0.1) is 0 Å². The lowest BCUT2D eigenvalue weighted by Gasteiger charge is -2.32. The van der Waals surface area contributed by atoms with Crippen LogP contribution in [-0.4, -0.2) is 41.6 Å². The van der Waals surface area contributed by atoms with E-state index in [1.54, 1.807) is 19.1 Å². The number of hydrogen-bond acceptors (Lipinski definition) is 3. The number of benzene rings is 1. The van der Waals surface area contributed by atoms with E-state index in [0.29, 0.717) is 36.5 Å². The maximum absolute atomic E-state index is 13.3. The van der Waals surface area contributed by atoms with Crippen molar-refractivity contribution in [2.24, 2.45) is 0 Å². The van der Waals surface area contributed by atoms with E-state index in [1.807, 2.05) is 4.90 Å². The Balaban J connectivity index is 1.93. The summed E-state index contributed by atoms with van der Waals surface area (Å²) in [5, 5.41) is 0.774. The molecule has 1 saturated heterocycles. The van der Waals surface area contributed by atoms with Crippen molar-refractivity contribution in [3.8, 4) is 0 Å². The number of carbonyl (C=O) groups excluding carboxylic acids is 1. The lowest BCUT2D eigenvalue weighted by Crippen LogP contribution is -2.45. The molecule has 1 aromatic heterocycles. The molecule has 0 radical (unpaired) electrons. The van der Waals surface area contributed by atoms with Gasteiger partial charge in [-0.3, -0.25) is 9.78 Å². The molecule has 0 saturated carbocycles. The van der Waals surface area contributed by atoms with E-state index >= 15 is 0 Å². The van der Waals surface area contributed by atoms with Gasteiger partial charge in [0.25, 0.3) is 5.91 Å². The van der Waals surface area contributed by atoms with Crippen molar-refractivity contribution in [1.29, 1.82) is 0 Å². The van der Waals surface area contributed by atoms with Crippen molar-refractivity contribution in [3.05, 3.63) is 41.3 Å². The van der Waals surface area contributed by atoms with Gasteiger partial charge in [-0.25, -0.2) is 4.39 Å². The summed E-state index contributed by atoms with van der Waals surface area (Å²) in [5.74, 6) is -0.351. The van der Waals surface area contributed by atoms with E-state index in [2.05, 4.69) is 11.9 Å². The summed E-state index contributed by atoms with van der Waals surface area (Å²) >= 11 is 0. The molecule has 1 fully saturated rings. The van der Waals surface area contributed by atoms with Gasteiger partial charge >= 0.3 is 0 Å². The number of ether oxygens (including phenoxy) is 1.